The Kier molecular flexibility index (Phi) is 6.67. The van der Waals surface area contributed by atoms with Gasteiger partial charge in [0.2, 0.25) is 11.8 Å². The second-order valence-electron chi connectivity index (χ2n) is 4.69. The van der Waals surface area contributed by atoms with E-state index >= 15 is 0 Å². The molecule has 0 spiro atoms. The summed E-state index contributed by atoms with van der Waals surface area (Å²) >= 11 is 0. The summed E-state index contributed by atoms with van der Waals surface area (Å²) in [5.41, 5.74) is 5.26. The Hall–Kier alpha value is -1.14. The van der Waals surface area contributed by atoms with Gasteiger partial charge in [0.1, 0.15) is 0 Å². The second-order valence-corrected chi connectivity index (χ2v) is 4.69. The zero-order chi connectivity index (χ0) is 13.4. The number of methoxy groups -OCH3 is 1. The molecule has 6 nitrogen and oxygen atoms in total. The van der Waals surface area contributed by atoms with Crippen LogP contribution in [0.1, 0.15) is 25.7 Å². The Morgan fingerprint density at radius 1 is 1.28 bits per heavy atom. The number of hydrogen-bond donors (Lipinski definition) is 3. The quantitative estimate of drug-likeness (QED) is 0.530. The minimum atomic E-state index is -0.221. The SMILES string of the molecule is COCCNCC(=O)NC1CCC(C(N)=O)CC1. The smallest absolute Gasteiger partial charge is 0.234 e. The first-order chi connectivity index (χ1) is 8.63. The summed E-state index contributed by atoms with van der Waals surface area (Å²) in [5, 5.41) is 5.95. The van der Waals surface area contributed by atoms with E-state index in [0.717, 1.165) is 25.7 Å². The summed E-state index contributed by atoms with van der Waals surface area (Å²) in [6, 6.07) is 0.178. The van der Waals surface area contributed by atoms with Crippen LogP contribution in [-0.2, 0) is 14.3 Å². The predicted octanol–water partition coefficient (Wildman–Crippen LogP) is -0.617. The molecule has 1 aliphatic carbocycles. The highest BCUT2D eigenvalue weighted by molar-refractivity contribution is 5.78. The first-order valence-corrected chi connectivity index (χ1v) is 6.41. The Labute approximate surface area is 108 Å². The van der Waals surface area contributed by atoms with Crippen LogP contribution < -0.4 is 16.4 Å². The summed E-state index contributed by atoms with van der Waals surface area (Å²) < 4.78 is 4.87. The van der Waals surface area contributed by atoms with E-state index in [1.807, 2.05) is 0 Å². The van der Waals surface area contributed by atoms with Crippen molar-refractivity contribution >= 4 is 11.8 Å². The van der Waals surface area contributed by atoms with Gasteiger partial charge in [-0.1, -0.05) is 0 Å². The maximum atomic E-state index is 11.6. The Bertz CT molecular complexity index is 276. The Morgan fingerprint density at radius 2 is 1.94 bits per heavy atom. The molecule has 4 N–H and O–H groups in total. The number of nitrogens with one attached hydrogen (secondary N) is 2. The third-order valence-corrected chi connectivity index (χ3v) is 3.26. The third-order valence-electron chi connectivity index (χ3n) is 3.26. The topological polar surface area (TPSA) is 93.4 Å². The average Bonchev–Trinajstić information content (AvgIpc) is 2.35. The van der Waals surface area contributed by atoms with Crippen molar-refractivity contribution < 1.29 is 14.3 Å². The van der Waals surface area contributed by atoms with Crippen molar-refractivity contribution in [2.75, 3.05) is 26.8 Å². The van der Waals surface area contributed by atoms with Crippen molar-refractivity contribution in [3.63, 3.8) is 0 Å². The fourth-order valence-corrected chi connectivity index (χ4v) is 2.18. The second kappa shape index (κ2) is 8.05. The van der Waals surface area contributed by atoms with Gasteiger partial charge in [-0.05, 0) is 25.7 Å². The zero-order valence-electron chi connectivity index (χ0n) is 10.9. The molecule has 0 aliphatic heterocycles. The summed E-state index contributed by atoms with van der Waals surface area (Å²) in [7, 11) is 1.62. The van der Waals surface area contributed by atoms with Gasteiger partial charge in [-0.2, -0.15) is 0 Å². The Balaban J connectivity index is 2.12. The van der Waals surface area contributed by atoms with Crippen LogP contribution in [0.4, 0.5) is 0 Å². The van der Waals surface area contributed by atoms with Crippen LogP contribution in [-0.4, -0.2) is 44.7 Å². The standard InChI is InChI=1S/C12H23N3O3/c1-18-7-6-14-8-11(16)15-10-4-2-9(3-5-10)12(13)17/h9-10,14H,2-8H2,1H3,(H2,13,17)(H,15,16). The number of carbonyl (C=O) groups is 2. The lowest BCUT2D eigenvalue weighted by atomic mass is 9.85. The summed E-state index contributed by atoms with van der Waals surface area (Å²) in [6.07, 6.45) is 3.21. The van der Waals surface area contributed by atoms with Crippen molar-refractivity contribution in [3.8, 4) is 0 Å². The number of primary amides is 1. The first-order valence-electron chi connectivity index (χ1n) is 6.41. The Morgan fingerprint density at radius 3 is 2.50 bits per heavy atom. The van der Waals surface area contributed by atoms with Gasteiger partial charge in [0.05, 0.1) is 13.2 Å². The minimum absolute atomic E-state index is 0.00590. The molecule has 2 amide bonds. The van der Waals surface area contributed by atoms with Crippen molar-refractivity contribution in [3.05, 3.63) is 0 Å². The van der Waals surface area contributed by atoms with Crippen LogP contribution >= 0.6 is 0 Å². The van der Waals surface area contributed by atoms with Gasteiger partial charge in [0, 0.05) is 25.6 Å². The van der Waals surface area contributed by atoms with Crippen LogP contribution in [0.3, 0.4) is 0 Å². The molecule has 0 bridgehead atoms. The molecule has 1 rings (SSSR count). The number of ether oxygens (including phenoxy) is 1. The molecule has 0 aromatic heterocycles. The number of carbonyl (C=O) groups excluding carboxylic acids is 2. The van der Waals surface area contributed by atoms with E-state index in [9.17, 15) is 9.59 Å². The fraction of sp³-hybridized carbons (Fsp3) is 0.833. The molecular formula is C12H23N3O3. The van der Waals surface area contributed by atoms with Gasteiger partial charge in [0.15, 0.2) is 0 Å². The molecule has 6 heteroatoms. The number of nitrogens with two attached hydrogens (primary N) is 1. The highest BCUT2D eigenvalue weighted by Gasteiger charge is 2.25. The summed E-state index contributed by atoms with van der Waals surface area (Å²) in [6.45, 7) is 1.56. The van der Waals surface area contributed by atoms with Crippen LogP contribution in [0.25, 0.3) is 0 Å². The maximum absolute atomic E-state index is 11.6. The van der Waals surface area contributed by atoms with Gasteiger partial charge >= 0.3 is 0 Å². The third kappa shape index (κ3) is 5.46. The maximum Gasteiger partial charge on any atom is 0.234 e. The first kappa shape index (κ1) is 14.9. The van der Waals surface area contributed by atoms with E-state index in [4.69, 9.17) is 10.5 Å². The van der Waals surface area contributed by atoms with Crippen LogP contribution in [0, 0.1) is 5.92 Å². The normalized spacial score (nSPS) is 23.6. The highest BCUT2D eigenvalue weighted by atomic mass is 16.5. The number of amides is 2. The van der Waals surface area contributed by atoms with E-state index in [0.29, 0.717) is 19.7 Å². The predicted molar refractivity (Wildman–Crippen MR) is 67.8 cm³/mol. The molecule has 18 heavy (non-hydrogen) atoms. The molecule has 1 saturated carbocycles. The zero-order valence-corrected chi connectivity index (χ0v) is 10.9. The molecule has 0 radical (unpaired) electrons. The number of hydrogen-bond acceptors (Lipinski definition) is 4. The molecule has 104 valence electrons. The molecular weight excluding hydrogens is 234 g/mol. The fourth-order valence-electron chi connectivity index (χ4n) is 2.18. The van der Waals surface area contributed by atoms with E-state index in [2.05, 4.69) is 10.6 Å². The van der Waals surface area contributed by atoms with Crippen LogP contribution in [0.15, 0.2) is 0 Å². The van der Waals surface area contributed by atoms with E-state index in [1.165, 1.54) is 0 Å². The average molecular weight is 257 g/mol. The minimum Gasteiger partial charge on any atom is -0.383 e. The van der Waals surface area contributed by atoms with Crippen molar-refractivity contribution in [2.45, 2.75) is 31.7 Å². The van der Waals surface area contributed by atoms with Crippen LogP contribution in [0.5, 0.6) is 0 Å². The molecule has 1 aliphatic rings. The summed E-state index contributed by atoms with van der Waals surface area (Å²) in [4.78, 5) is 22.6. The highest BCUT2D eigenvalue weighted by Crippen LogP contribution is 2.23. The van der Waals surface area contributed by atoms with Crippen molar-refractivity contribution in [2.24, 2.45) is 11.7 Å². The largest absolute Gasteiger partial charge is 0.383 e. The van der Waals surface area contributed by atoms with E-state index < -0.39 is 0 Å². The van der Waals surface area contributed by atoms with Gasteiger partial charge in [-0.15, -0.1) is 0 Å². The van der Waals surface area contributed by atoms with Gasteiger partial charge in [-0.25, -0.2) is 0 Å². The van der Waals surface area contributed by atoms with Gasteiger partial charge in [-0.3, -0.25) is 9.59 Å². The number of rotatable bonds is 7. The molecule has 0 atom stereocenters. The van der Waals surface area contributed by atoms with E-state index in [-0.39, 0.29) is 23.8 Å². The lowest BCUT2D eigenvalue weighted by Crippen LogP contribution is -2.43. The van der Waals surface area contributed by atoms with Crippen molar-refractivity contribution in [1.29, 1.82) is 0 Å². The molecule has 0 aromatic rings. The van der Waals surface area contributed by atoms with E-state index in [1.54, 1.807) is 7.11 Å². The van der Waals surface area contributed by atoms with Crippen molar-refractivity contribution in [1.82, 2.24) is 10.6 Å². The summed E-state index contributed by atoms with van der Waals surface area (Å²) in [5.74, 6) is -0.243. The van der Waals surface area contributed by atoms with Crippen LogP contribution in [0.2, 0.25) is 0 Å². The lowest BCUT2D eigenvalue weighted by Gasteiger charge is -2.27. The lowest BCUT2D eigenvalue weighted by molar-refractivity contribution is -0.123. The molecule has 0 saturated heterocycles. The molecule has 0 unspecified atom stereocenters. The van der Waals surface area contributed by atoms with Gasteiger partial charge < -0.3 is 21.1 Å². The monoisotopic (exact) mass is 257 g/mol. The van der Waals surface area contributed by atoms with Gasteiger partial charge in [0.25, 0.3) is 0 Å². The molecule has 0 aromatic carbocycles. The molecule has 1 fully saturated rings. The molecule has 0 heterocycles.